The average Bonchev–Trinajstić information content (AvgIpc) is 2.77. The van der Waals surface area contributed by atoms with Gasteiger partial charge in [0.1, 0.15) is 0 Å². The molecule has 2 aromatic heterocycles. The molecule has 0 fully saturated rings. The van der Waals surface area contributed by atoms with E-state index in [9.17, 15) is 13.2 Å². The number of hydrogen-bond donors (Lipinski definition) is 1. The van der Waals surface area contributed by atoms with Crippen molar-refractivity contribution in [2.75, 3.05) is 0 Å². The van der Waals surface area contributed by atoms with Gasteiger partial charge in [-0.05, 0) is 12.1 Å². The summed E-state index contributed by atoms with van der Waals surface area (Å²) in [5.74, 6) is 0. The minimum absolute atomic E-state index is 0.185. The van der Waals surface area contributed by atoms with Crippen molar-refractivity contribution in [3.63, 3.8) is 0 Å². The predicted molar refractivity (Wildman–Crippen MR) is 54.3 cm³/mol. The Balaban J connectivity index is 2.44. The molecule has 90 valence electrons. The molecule has 0 aliphatic heterocycles. The van der Waals surface area contributed by atoms with Crippen LogP contribution in [-0.4, -0.2) is 14.8 Å². The fraction of sp³-hybridized carbons (Fsp3) is 0.200. The molecule has 0 saturated carbocycles. The maximum atomic E-state index is 12.4. The second-order valence-electron chi connectivity index (χ2n) is 3.35. The van der Waals surface area contributed by atoms with Crippen molar-refractivity contribution >= 4 is 0 Å². The zero-order chi connectivity index (χ0) is 12.5. The van der Waals surface area contributed by atoms with Crippen LogP contribution in [0.25, 0.3) is 5.69 Å². The fourth-order valence-electron chi connectivity index (χ4n) is 1.41. The third-order valence-corrected chi connectivity index (χ3v) is 2.22. The minimum atomic E-state index is -4.44. The molecule has 2 N–H and O–H groups in total. The van der Waals surface area contributed by atoms with Crippen LogP contribution in [0, 0.1) is 0 Å². The lowest BCUT2D eigenvalue weighted by molar-refractivity contribution is -0.141. The molecule has 0 aromatic carbocycles. The summed E-state index contributed by atoms with van der Waals surface area (Å²) in [4.78, 5) is 3.85. The van der Waals surface area contributed by atoms with Crippen molar-refractivity contribution in [1.82, 2.24) is 14.8 Å². The molecule has 0 atom stereocenters. The zero-order valence-electron chi connectivity index (χ0n) is 8.65. The van der Waals surface area contributed by atoms with E-state index in [1.807, 2.05) is 0 Å². The highest BCUT2D eigenvalue weighted by molar-refractivity contribution is 5.38. The lowest BCUT2D eigenvalue weighted by Gasteiger charge is -2.06. The molecular formula is C10H9F3N4. The monoisotopic (exact) mass is 242 g/mol. The van der Waals surface area contributed by atoms with Gasteiger partial charge in [-0.2, -0.15) is 18.3 Å². The van der Waals surface area contributed by atoms with Crippen LogP contribution in [0.3, 0.4) is 0 Å². The van der Waals surface area contributed by atoms with Gasteiger partial charge < -0.3 is 5.73 Å². The van der Waals surface area contributed by atoms with Gasteiger partial charge in [-0.15, -0.1) is 0 Å². The first-order chi connectivity index (χ1) is 8.02. The highest BCUT2D eigenvalue weighted by atomic mass is 19.4. The molecule has 2 heterocycles. The summed E-state index contributed by atoms with van der Waals surface area (Å²) < 4.78 is 38.3. The van der Waals surface area contributed by atoms with E-state index >= 15 is 0 Å². The van der Waals surface area contributed by atoms with Crippen molar-refractivity contribution in [3.05, 3.63) is 42.0 Å². The molecule has 17 heavy (non-hydrogen) atoms. The smallest absolute Gasteiger partial charge is 0.326 e. The van der Waals surface area contributed by atoms with Gasteiger partial charge in [0.2, 0.25) is 0 Å². The summed E-state index contributed by atoms with van der Waals surface area (Å²) in [6.45, 7) is 0.185. The average molecular weight is 242 g/mol. The predicted octanol–water partition coefficient (Wildman–Crippen LogP) is 1.74. The Bertz CT molecular complexity index is 518. The van der Waals surface area contributed by atoms with E-state index in [0.717, 1.165) is 10.7 Å². The highest BCUT2D eigenvalue weighted by Gasteiger charge is 2.33. The standard InChI is InChI=1S/C10H9F3N4/c11-10(12,13)9-2-4-17(16-9)8-1-3-15-6-7(8)5-14/h1-4,6H,5,14H2. The van der Waals surface area contributed by atoms with Crippen LogP contribution in [0.1, 0.15) is 11.3 Å². The van der Waals surface area contributed by atoms with Crippen LogP contribution in [0.2, 0.25) is 0 Å². The van der Waals surface area contributed by atoms with Gasteiger partial charge >= 0.3 is 6.18 Å². The van der Waals surface area contributed by atoms with Crippen LogP contribution in [0.15, 0.2) is 30.7 Å². The number of aromatic nitrogens is 3. The Morgan fingerprint density at radius 2 is 2.06 bits per heavy atom. The number of alkyl halides is 3. The third kappa shape index (κ3) is 2.28. The summed E-state index contributed by atoms with van der Waals surface area (Å²) in [5.41, 5.74) is 5.67. The number of nitrogens with two attached hydrogens (primary N) is 1. The molecule has 0 amide bonds. The molecule has 0 unspecified atom stereocenters. The number of nitrogens with zero attached hydrogens (tertiary/aromatic N) is 3. The van der Waals surface area contributed by atoms with Crippen LogP contribution in [0.4, 0.5) is 13.2 Å². The first-order valence-electron chi connectivity index (χ1n) is 4.78. The molecule has 0 radical (unpaired) electrons. The first kappa shape index (κ1) is 11.6. The van der Waals surface area contributed by atoms with Crippen molar-refractivity contribution in [2.24, 2.45) is 5.73 Å². The lowest BCUT2D eigenvalue weighted by atomic mass is 10.2. The maximum absolute atomic E-state index is 12.4. The van der Waals surface area contributed by atoms with Gasteiger partial charge in [-0.1, -0.05) is 0 Å². The van der Waals surface area contributed by atoms with E-state index in [2.05, 4.69) is 10.1 Å². The Labute approximate surface area is 94.9 Å². The normalized spacial score (nSPS) is 11.8. The van der Waals surface area contributed by atoms with E-state index in [4.69, 9.17) is 5.73 Å². The number of rotatable bonds is 2. The fourth-order valence-corrected chi connectivity index (χ4v) is 1.41. The Kier molecular flexibility index (Phi) is 2.84. The summed E-state index contributed by atoms with van der Waals surface area (Å²) in [5, 5.41) is 3.47. The van der Waals surface area contributed by atoms with Crippen molar-refractivity contribution in [2.45, 2.75) is 12.7 Å². The van der Waals surface area contributed by atoms with E-state index in [1.54, 1.807) is 6.07 Å². The van der Waals surface area contributed by atoms with Gasteiger partial charge in [0, 0.05) is 30.7 Å². The Hall–Kier alpha value is -1.89. The van der Waals surface area contributed by atoms with Crippen molar-refractivity contribution < 1.29 is 13.2 Å². The Morgan fingerprint density at radius 3 is 2.65 bits per heavy atom. The molecule has 0 aliphatic rings. The number of hydrogen-bond acceptors (Lipinski definition) is 3. The van der Waals surface area contributed by atoms with Gasteiger partial charge in [0.25, 0.3) is 0 Å². The van der Waals surface area contributed by atoms with Gasteiger partial charge in [-0.3, -0.25) is 4.98 Å². The molecule has 0 aliphatic carbocycles. The van der Waals surface area contributed by atoms with Gasteiger partial charge in [-0.25, -0.2) is 4.68 Å². The maximum Gasteiger partial charge on any atom is 0.435 e. The topological polar surface area (TPSA) is 56.7 Å². The summed E-state index contributed by atoms with van der Waals surface area (Å²) in [7, 11) is 0. The molecule has 0 saturated heterocycles. The van der Waals surface area contributed by atoms with Crippen LogP contribution < -0.4 is 5.73 Å². The quantitative estimate of drug-likeness (QED) is 0.872. The second kappa shape index (κ2) is 4.17. The van der Waals surface area contributed by atoms with Crippen LogP contribution in [0.5, 0.6) is 0 Å². The molecular weight excluding hydrogens is 233 g/mol. The highest BCUT2D eigenvalue weighted by Crippen LogP contribution is 2.28. The first-order valence-corrected chi connectivity index (χ1v) is 4.78. The Morgan fingerprint density at radius 1 is 1.29 bits per heavy atom. The second-order valence-corrected chi connectivity index (χ2v) is 3.35. The zero-order valence-corrected chi connectivity index (χ0v) is 8.65. The molecule has 2 aromatic rings. The van der Waals surface area contributed by atoms with Gasteiger partial charge in [0.15, 0.2) is 5.69 Å². The van der Waals surface area contributed by atoms with E-state index < -0.39 is 11.9 Å². The third-order valence-electron chi connectivity index (χ3n) is 2.22. The number of halogens is 3. The van der Waals surface area contributed by atoms with E-state index in [0.29, 0.717) is 11.3 Å². The molecule has 7 heteroatoms. The van der Waals surface area contributed by atoms with Crippen molar-refractivity contribution in [1.29, 1.82) is 0 Å². The van der Waals surface area contributed by atoms with E-state index in [-0.39, 0.29) is 6.54 Å². The minimum Gasteiger partial charge on any atom is -0.326 e. The molecule has 4 nitrogen and oxygen atoms in total. The van der Waals surface area contributed by atoms with Crippen LogP contribution in [-0.2, 0) is 12.7 Å². The van der Waals surface area contributed by atoms with Crippen molar-refractivity contribution in [3.8, 4) is 5.69 Å². The molecule has 0 spiro atoms. The summed E-state index contributed by atoms with van der Waals surface area (Å²) >= 11 is 0. The summed E-state index contributed by atoms with van der Waals surface area (Å²) in [6, 6.07) is 2.48. The largest absolute Gasteiger partial charge is 0.435 e. The lowest BCUT2D eigenvalue weighted by Crippen LogP contribution is -2.09. The summed E-state index contributed by atoms with van der Waals surface area (Å²) in [6.07, 6.45) is -0.216. The van der Waals surface area contributed by atoms with E-state index in [1.165, 1.54) is 18.6 Å². The number of pyridine rings is 1. The van der Waals surface area contributed by atoms with Gasteiger partial charge in [0.05, 0.1) is 5.69 Å². The SMILES string of the molecule is NCc1cnccc1-n1ccc(C(F)(F)F)n1. The van der Waals surface area contributed by atoms with Crippen LogP contribution >= 0.6 is 0 Å². The molecule has 0 bridgehead atoms. The molecule has 2 rings (SSSR count).